The van der Waals surface area contributed by atoms with Gasteiger partial charge in [0.25, 0.3) is 0 Å². The first-order valence-electron chi connectivity index (χ1n) is 12.0. The molecule has 0 atom stereocenters. The van der Waals surface area contributed by atoms with Crippen molar-refractivity contribution < 1.29 is 0 Å². The first kappa shape index (κ1) is 23.1. The van der Waals surface area contributed by atoms with E-state index >= 15 is 0 Å². The van der Waals surface area contributed by atoms with Crippen molar-refractivity contribution in [2.24, 2.45) is 0 Å². The van der Waals surface area contributed by atoms with Gasteiger partial charge in [0, 0.05) is 28.8 Å². The predicted molar refractivity (Wildman–Crippen MR) is 148 cm³/mol. The van der Waals surface area contributed by atoms with Gasteiger partial charge in [-0.15, -0.1) is 0 Å². The molecule has 5 rings (SSSR count). The van der Waals surface area contributed by atoms with E-state index < -0.39 is 7.92 Å². The van der Waals surface area contributed by atoms with Gasteiger partial charge in [0.1, 0.15) is 0 Å². The second-order valence-corrected chi connectivity index (χ2v) is 10.7. The van der Waals surface area contributed by atoms with Gasteiger partial charge in [-0.3, -0.25) is 9.97 Å². The fourth-order valence-electron chi connectivity index (χ4n) is 4.17. The zero-order chi connectivity index (χ0) is 23.7. The highest BCUT2D eigenvalue weighted by molar-refractivity contribution is 7.72. The number of hydrogen-bond acceptors (Lipinski definition) is 2. The average molecular weight is 472 g/mol. The molecule has 2 aromatic heterocycles. The Hall–Kier alpha value is -3.61. The summed E-state index contributed by atoms with van der Waals surface area (Å²) in [6, 6.07) is 44.7. The summed E-state index contributed by atoms with van der Waals surface area (Å²) in [5.41, 5.74) is 5.51. The molecule has 0 saturated carbocycles. The van der Waals surface area contributed by atoms with Gasteiger partial charge in [0.15, 0.2) is 0 Å². The van der Waals surface area contributed by atoms with Crippen molar-refractivity contribution in [2.75, 3.05) is 0 Å². The van der Waals surface area contributed by atoms with E-state index in [1.165, 1.54) is 10.6 Å². The highest BCUT2D eigenvalue weighted by atomic mass is 31.1. The largest absolute Gasteiger partial charge is 0.257 e. The molecule has 0 fully saturated rings. The van der Waals surface area contributed by atoms with Crippen molar-refractivity contribution in [3.05, 3.63) is 151 Å². The number of benzene rings is 3. The minimum Gasteiger partial charge on any atom is -0.257 e. The monoisotopic (exact) mass is 471 g/mol. The standard InChI is InChI=1S/C32H28N2P/c1-4-13-26(14-5-1)32-24-12-18-28(34-32)17-10-15-27-16-11-19-29(33-27)25-35(30-20-6-2-7-21-30)31-22-8-3-9-23-31/h1-14,16,18-24H,15,17,25H2. The number of aromatic nitrogens is 2. The van der Waals surface area contributed by atoms with Crippen LogP contribution in [0.4, 0.5) is 0 Å². The molecule has 171 valence electrons. The van der Waals surface area contributed by atoms with Crippen LogP contribution in [0.2, 0.25) is 0 Å². The van der Waals surface area contributed by atoms with Gasteiger partial charge in [-0.25, -0.2) is 0 Å². The lowest BCUT2D eigenvalue weighted by molar-refractivity contribution is 0.939. The second-order valence-electron chi connectivity index (χ2n) is 8.45. The molecule has 35 heavy (non-hydrogen) atoms. The minimum atomic E-state index is -0.497. The van der Waals surface area contributed by atoms with E-state index in [9.17, 15) is 0 Å². The Morgan fingerprint density at radius 3 is 1.63 bits per heavy atom. The smallest absolute Gasteiger partial charge is 0.0705 e. The molecule has 3 aromatic carbocycles. The van der Waals surface area contributed by atoms with Crippen molar-refractivity contribution in [3.63, 3.8) is 0 Å². The fraction of sp³-hybridized carbons (Fsp3) is 0.0938. The Morgan fingerprint density at radius 2 is 1.00 bits per heavy atom. The topological polar surface area (TPSA) is 25.8 Å². The van der Waals surface area contributed by atoms with Crippen LogP contribution in [0.5, 0.6) is 0 Å². The summed E-state index contributed by atoms with van der Waals surface area (Å²) in [6.45, 7) is 0. The third-order valence-electron chi connectivity index (χ3n) is 5.90. The summed E-state index contributed by atoms with van der Waals surface area (Å²) in [7, 11) is -0.497. The zero-order valence-corrected chi connectivity index (χ0v) is 20.6. The summed E-state index contributed by atoms with van der Waals surface area (Å²) < 4.78 is 0. The van der Waals surface area contributed by atoms with Gasteiger partial charge >= 0.3 is 0 Å². The summed E-state index contributed by atoms with van der Waals surface area (Å²) in [5.74, 6) is 0. The molecule has 0 bridgehead atoms. The highest BCUT2D eigenvalue weighted by Crippen LogP contribution is 2.37. The van der Waals surface area contributed by atoms with Crippen LogP contribution in [0.25, 0.3) is 11.3 Å². The van der Waals surface area contributed by atoms with Gasteiger partial charge in [-0.05, 0) is 62.1 Å². The van der Waals surface area contributed by atoms with Crippen molar-refractivity contribution in [3.8, 4) is 11.3 Å². The Balaban J connectivity index is 1.25. The molecule has 0 aliphatic rings. The van der Waals surface area contributed by atoms with Crippen LogP contribution in [-0.4, -0.2) is 9.97 Å². The third-order valence-corrected chi connectivity index (χ3v) is 8.39. The molecule has 0 spiro atoms. The maximum atomic E-state index is 5.02. The number of pyridine rings is 2. The molecule has 0 unspecified atom stereocenters. The second kappa shape index (κ2) is 11.7. The summed E-state index contributed by atoms with van der Waals surface area (Å²) >= 11 is 0. The Labute approximate surface area is 209 Å². The SMILES string of the molecule is [CH](Cc1cccc(CP(c2ccccc2)c2ccccc2)n1)Cc1cccc(-c2ccccc2)n1. The Kier molecular flexibility index (Phi) is 7.73. The van der Waals surface area contributed by atoms with E-state index in [0.29, 0.717) is 0 Å². The maximum absolute atomic E-state index is 5.02. The summed E-state index contributed by atoms with van der Waals surface area (Å²) in [5, 5.41) is 2.77. The molecular formula is C32H28N2P. The van der Waals surface area contributed by atoms with Crippen molar-refractivity contribution in [1.82, 2.24) is 9.97 Å². The maximum Gasteiger partial charge on any atom is 0.0705 e. The van der Waals surface area contributed by atoms with Crippen LogP contribution in [0.15, 0.2) is 127 Å². The average Bonchev–Trinajstić information content (AvgIpc) is 2.94. The van der Waals surface area contributed by atoms with E-state index in [1.807, 2.05) is 6.07 Å². The molecule has 3 heteroatoms. The molecule has 0 N–H and O–H groups in total. The lowest BCUT2D eigenvalue weighted by atomic mass is 10.1. The summed E-state index contributed by atoms with van der Waals surface area (Å²) in [6.07, 6.45) is 4.88. The van der Waals surface area contributed by atoms with Crippen LogP contribution >= 0.6 is 7.92 Å². The van der Waals surface area contributed by atoms with Crippen LogP contribution in [0.1, 0.15) is 17.1 Å². The van der Waals surface area contributed by atoms with Crippen molar-refractivity contribution in [1.29, 1.82) is 0 Å². The Morgan fingerprint density at radius 1 is 0.486 bits per heavy atom. The molecule has 2 heterocycles. The first-order valence-corrected chi connectivity index (χ1v) is 13.5. The van der Waals surface area contributed by atoms with Gasteiger partial charge in [-0.2, -0.15) is 0 Å². The van der Waals surface area contributed by atoms with Gasteiger partial charge in [0.05, 0.1) is 5.69 Å². The molecule has 1 radical (unpaired) electrons. The van der Waals surface area contributed by atoms with E-state index in [-0.39, 0.29) is 0 Å². The van der Waals surface area contributed by atoms with Gasteiger partial charge in [-0.1, -0.05) is 103 Å². The molecule has 0 saturated heterocycles. The number of hydrogen-bond donors (Lipinski definition) is 0. The number of rotatable bonds is 9. The summed E-state index contributed by atoms with van der Waals surface area (Å²) in [4.78, 5) is 9.87. The molecule has 5 aromatic rings. The first-order chi connectivity index (χ1) is 17.3. The van der Waals surface area contributed by atoms with Crippen LogP contribution in [0, 0.1) is 6.42 Å². The van der Waals surface area contributed by atoms with E-state index in [4.69, 9.17) is 9.97 Å². The highest BCUT2D eigenvalue weighted by Gasteiger charge is 2.15. The lowest BCUT2D eigenvalue weighted by Gasteiger charge is -2.18. The van der Waals surface area contributed by atoms with E-state index in [2.05, 4.69) is 128 Å². The minimum absolute atomic E-state index is 0.497. The van der Waals surface area contributed by atoms with Gasteiger partial charge < -0.3 is 0 Å². The van der Waals surface area contributed by atoms with Crippen LogP contribution < -0.4 is 10.6 Å². The molecule has 2 nitrogen and oxygen atoms in total. The quantitative estimate of drug-likeness (QED) is 0.222. The third kappa shape index (κ3) is 6.29. The predicted octanol–water partition coefficient (Wildman–Crippen LogP) is 6.77. The number of nitrogens with zero attached hydrogens (tertiary/aromatic N) is 2. The lowest BCUT2D eigenvalue weighted by Crippen LogP contribution is -2.13. The van der Waals surface area contributed by atoms with Crippen LogP contribution in [-0.2, 0) is 19.0 Å². The van der Waals surface area contributed by atoms with Crippen molar-refractivity contribution >= 4 is 18.5 Å². The van der Waals surface area contributed by atoms with Crippen LogP contribution in [0.3, 0.4) is 0 Å². The zero-order valence-electron chi connectivity index (χ0n) is 19.7. The molecule has 0 aliphatic heterocycles. The molecular weight excluding hydrogens is 443 g/mol. The Bertz CT molecular complexity index is 1300. The molecule has 0 aliphatic carbocycles. The van der Waals surface area contributed by atoms with E-state index in [0.717, 1.165) is 47.3 Å². The fourth-order valence-corrected chi connectivity index (χ4v) is 6.40. The van der Waals surface area contributed by atoms with Gasteiger partial charge in [0.2, 0.25) is 0 Å². The molecule has 0 amide bonds. The van der Waals surface area contributed by atoms with E-state index in [1.54, 1.807) is 0 Å². The normalized spacial score (nSPS) is 11.0. The van der Waals surface area contributed by atoms with Crippen molar-refractivity contribution in [2.45, 2.75) is 19.0 Å².